The van der Waals surface area contributed by atoms with Crippen molar-refractivity contribution in [2.75, 3.05) is 0 Å². The van der Waals surface area contributed by atoms with Gasteiger partial charge in [-0.3, -0.25) is 0 Å². The number of rotatable bonds is 0. The van der Waals surface area contributed by atoms with Gasteiger partial charge in [0.25, 0.3) is 0 Å². The molecule has 1 aliphatic rings. The molecule has 0 radical (unpaired) electrons. The maximum absolute atomic E-state index is 6.04. The molecular weight excluding hydrogens is 146 g/mol. The Morgan fingerprint density at radius 1 is 1.33 bits per heavy atom. The van der Waals surface area contributed by atoms with E-state index in [1.807, 2.05) is 0 Å². The average Bonchev–Trinajstić information content (AvgIpc) is 2.04. The van der Waals surface area contributed by atoms with Crippen LogP contribution in [0.15, 0.2) is 24.3 Å². The molecule has 0 unspecified atom stereocenters. The smallest absolute Gasteiger partial charge is 0.0300 e. The lowest BCUT2D eigenvalue weighted by molar-refractivity contribution is 0.439. The summed E-state index contributed by atoms with van der Waals surface area (Å²) in [6.45, 7) is 2.27. The Balaban J connectivity index is 2.40. The summed E-state index contributed by atoms with van der Waals surface area (Å²) in [6, 6.07) is 8.81. The van der Waals surface area contributed by atoms with Gasteiger partial charge in [0.1, 0.15) is 0 Å². The third-order valence-electron chi connectivity index (χ3n) is 2.68. The number of hydrogen-bond donors (Lipinski definition) is 1. The molecular formula is C11H15N. The van der Waals surface area contributed by atoms with Crippen molar-refractivity contribution in [2.24, 2.45) is 11.7 Å². The van der Waals surface area contributed by atoms with Crippen LogP contribution in [0.25, 0.3) is 0 Å². The highest BCUT2D eigenvalue weighted by Gasteiger charge is 2.20. The third kappa shape index (κ3) is 1.25. The molecule has 0 aliphatic heterocycles. The zero-order valence-electron chi connectivity index (χ0n) is 7.46. The molecule has 2 atom stereocenters. The van der Waals surface area contributed by atoms with Gasteiger partial charge >= 0.3 is 0 Å². The van der Waals surface area contributed by atoms with E-state index in [1.54, 1.807) is 0 Å². The molecule has 0 heterocycles. The molecule has 1 aromatic carbocycles. The van der Waals surface area contributed by atoms with E-state index in [0.717, 1.165) is 12.3 Å². The molecule has 2 N–H and O–H groups in total. The van der Waals surface area contributed by atoms with E-state index >= 15 is 0 Å². The van der Waals surface area contributed by atoms with Crippen LogP contribution in [0.2, 0.25) is 0 Å². The van der Waals surface area contributed by atoms with Crippen LogP contribution in [0.5, 0.6) is 0 Å². The van der Waals surface area contributed by atoms with Crippen molar-refractivity contribution in [2.45, 2.75) is 25.8 Å². The zero-order chi connectivity index (χ0) is 8.55. The van der Waals surface area contributed by atoms with Gasteiger partial charge in [-0.05, 0) is 29.9 Å². The molecule has 0 aromatic heterocycles. The average molecular weight is 161 g/mol. The van der Waals surface area contributed by atoms with Crippen LogP contribution in [-0.4, -0.2) is 0 Å². The predicted molar refractivity (Wildman–Crippen MR) is 50.9 cm³/mol. The van der Waals surface area contributed by atoms with E-state index in [1.165, 1.54) is 17.5 Å². The van der Waals surface area contributed by atoms with Gasteiger partial charge in [-0.1, -0.05) is 31.2 Å². The van der Waals surface area contributed by atoms with Crippen molar-refractivity contribution in [1.82, 2.24) is 0 Å². The van der Waals surface area contributed by atoms with E-state index in [2.05, 4.69) is 31.2 Å². The van der Waals surface area contributed by atoms with Crippen molar-refractivity contribution in [3.05, 3.63) is 35.4 Å². The Labute approximate surface area is 73.6 Å². The van der Waals surface area contributed by atoms with E-state index in [0.29, 0.717) is 0 Å². The first kappa shape index (κ1) is 7.81. The standard InChI is InChI=1S/C11H15N/c1-8-6-9-4-2-3-5-10(9)11(12)7-8/h2-5,8,11H,6-7,12H2,1H3/t8-,11+/m1/s1. The molecule has 1 heteroatoms. The Hall–Kier alpha value is -0.820. The lowest BCUT2D eigenvalue weighted by Gasteiger charge is -2.26. The van der Waals surface area contributed by atoms with Crippen LogP contribution in [0.1, 0.15) is 30.5 Å². The van der Waals surface area contributed by atoms with Crippen LogP contribution >= 0.6 is 0 Å². The summed E-state index contributed by atoms with van der Waals surface area (Å²) in [4.78, 5) is 0. The fraction of sp³-hybridized carbons (Fsp3) is 0.455. The molecule has 1 aromatic rings. The third-order valence-corrected chi connectivity index (χ3v) is 2.68. The first-order valence-corrected chi connectivity index (χ1v) is 4.61. The van der Waals surface area contributed by atoms with Crippen molar-refractivity contribution >= 4 is 0 Å². The van der Waals surface area contributed by atoms with Gasteiger partial charge in [-0.2, -0.15) is 0 Å². The molecule has 0 saturated heterocycles. The largest absolute Gasteiger partial charge is 0.324 e. The van der Waals surface area contributed by atoms with Crippen molar-refractivity contribution in [1.29, 1.82) is 0 Å². The summed E-state index contributed by atoms with van der Waals surface area (Å²) >= 11 is 0. The Bertz CT molecular complexity index is 280. The summed E-state index contributed by atoms with van der Waals surface area (Å²) in [5.74, 6) is 0.745. The van der Waals surface area contributed by atoms with E-state index < -0.39 is 0 Å². The van der Waals surface area contributed by atoms with Gasteiger partial charge in [0.15, 0.2) is 0 Å². The van der Waals surface area contributed by atoms with Gasteiger partial charge < -0.3 is 5.73 Å². The highest BCUT2D eigenvalue weighted by atomic mass is 14.6. The maximum atomic E-state index is 6.04. The van der Waals surface area contributed by atoms with Gasteiger partial charge in [-0.25, -0.2) is 0 Å². The Kier molecular flexibility index (Phi) is 1.89. The molecule has 12 heavy (non-hydrogen) atoms. The molecule has 0 amide bonds. The predicted octanol–water partition coefficient (Wildman–Crippen LogP) is 2.27. The summed E-state index contributed by atoms with van der Waals surface area (Å²) in [5.41, 5.74) is 8.84. The SMILES string of the molecule is C[C@@H]1Cc2ccccc2[C@@H](N)C1. The fourth-order valence-corrected chi connectivity index (χ4v) is 2.10. The van der Waals surface area contributed by atoms with Crippen molar-refractivity contribution in [3.8, 4) is 0 Å². The topological polar surface area (TPSA) is 26.0 Å². The van der Waals surface area contributed by atoms with E-state index in [-0.39, 0.29) is 6.04 Å². The Morgan fingerprint density at radius 3 is 2.92 bits per heavy atom. The normalized spacial score (nSPS) is 28.2. The summed E-state index contributed by atoms with van der Waals surface area (Å²) < 4.78 is 0. The van der Waals surface area contributed by atoms with Crippen LogP contribution in [-0.2, 0) is 6.42 Å². The molecule has 64 valence electrons. The molecule has 0 fully saturated rings. The minimum atomic E-state index is 0.268. The summed E-state index contributed by atoms with van der Waals surface area (Å²) in [7, 11) is 0. The second-order valence-electron chi connectivity index (χ2n) is 3.85. The van der Waals surface area contributed by atoms with E-state index in [4.69, 9.17) is 5.73 Å². The summed E-state index contributed by atoms with van der Waals surface area (Å²) in [5, 5.41) is 0. The lowest BCUT2D eigenvalue weighted by atomic mass is 9.82. The first-order valence-electron chi connectivity index (χ1n) is 4.61. The summed E-state index contributed by atoms with van der Waals surface area (Å²) in [6.07, 6.45) is 2.33. The minimum Gasteiger partial charge on any atom is -0.324 e. The van der Waals surface area contributed by atoms with Crippen LogP contribution < -0.4 is 5.73 Å². The quantitative estimate of drug-likeness (QED) is 0.620. The lowest BCUT2D eigenvalue weighted by Crippen LogP contribution is -2.22. The maximum Gasteiger partial charge on any atom is 0.0300 e. The fourth-order valence-electron chi connectivity index (χ4n) is 2.10. The van der Waals surface area contributed by atoms with Crippen LogP contribution in [0.4, 0.5) is 0 Å². The highest BCUT2D eigenvalue weighted by Crippen LogP contribution is 2.30. The number of fused-ring (bicyclic) bond motifs is 1. The molecule has 1 aliphatic carbocycles. The molecule has 0 spiro atoms. The zero-order valence-corrected chi connectivity index (χ0v) is 7.46. The monoisotopic (exact) mass is 161 g/mol. The van der Waals surface area contributed by atoms with Gasteiger partial charge in [-0.15, -0.1) is 0 Å². The number of nitrogens with two attached hydrogens (primary N) is 1. The molecule has 2 rings (SSSR count). The number of benzene rings is 1. The van der Waals surface area contributed by atoms with E-state index in [9.17, 15) is 0 Å². The number of hydrogen-bond acceptors (Lipinski definition) is 1. The Morgan fingerprint density at radius 2 is 2.08 bits per heavy atom. The molecule has 1 nitrogen and oxygen atoms in total. The van der Waals surface area contributed by atoms with Gasteiger partial charge in [0.2, 0.25) is 0 Å². The van der Waals surface area contributed by atoms with Crippen LogP contribution in [0.3, 0.4) is 0 Å². The van der Waals surface area contributed by atoms with Gasteiger partial charge in [0.05, 0.1) is 0 Å². The second kappa shape index (κ2) is 2.91. The first-order chi connectivity index (χ1) is 5.77. The van der Waals surface area contributed by atoms with Crippen molar-refractivity contribution in [3.63, 3.8) is 0 Å². The minimum absolute atomic E-state index is 0.268. The highest BCUT2D eigenvalue weighted by molar-refractivity contribution is 5.32. The van der Waals surface area contributed by atoms with Crippen molar-refractivity contribution < 1.29 is 0 Å². The second-order valence-corrected chi connectivity index (χ2v) is 3.85. The van der Waals surface area contributed by atoms with Gasteiger partial charge in [0, 0.05) is 6.04 Å². The molecule has 0 saturated carbocycles. The molecule has 0 bridgehead atoms. The van der Waals surface area contributed by atoms with Crippen LogP contribution in [0, 0.1) is 5.92 Å².